The zero-order valence-corrected chi connectivity index (χ0v) is 19.9. The van der Waals surface area contributed by atoms with E-state index in [1.165, 1.54) is 13.3 Å². The highest BCUT2D eigenvalue weighted by atomic mass is 19.1. The van der Waals surface area contributed by atoms with Crippen LogP contribution in [0, 0.1) is 12.7 Å². The zero-order valence-electron chi connectivity index (χ0n) is 19.9. The molecule has 184 valence electrons. The summed E-state index contributed by atoms with van der Waals surface area (Å²) >= 11 is 0. The number of fused-ring (bicyclic) bond motifs is 2. The number of carbonyl (C=O) groups excluding carboxylic acids is 1. The topological polar surface area (TPSA) is 136 Å². The molecule has 0 aliphatic carbocycles. The number of aromatic nitrogens is 3. The van der Waals surface area contributed by atoms with Gasteiger partial charge in [-0.2, -0.15) is 0 Å². The number of ether oxygens (including phenoxy) is 2. The van der Waals surface area contributed by atoms with Gasteiger partial charge in [-0.15, -0.1) is 0 Å². The molecule has 3 heterocycles. The van der Waals surface area contributed by atoms with Crippen LogP contribution in [0.4, 0.5) is 27.4 Å². The number of benzene rings is 2. The average molecular weight is 490 g/mol. The van der Waals surface area contributed by atoms with Gasteiger partial charge in [0.15, 0.2) is 5.82 Å². The van der Waals surface area contributed by atoms with E-state index >= 15 is 4.39 Å². The van der Waals surface area contributed by atoms with Crippen LogP contribution < -0.4 is 31.2 Å². The zero-order chi connectivity index (χ0) is 25.4. The Morgan fingerprint density at radius 3 is 2.83 bits per heavy atom. The van der Waals surface area contributed by atoms with Crippen molar-refractivity contribution in [3.63, 3.8) is 0 Å². The van der Waals surface area contributed by atoms with Crippen molar-refractivity contribution in [3.05, 3.63) is 53.6 Å². The molecule has 10 nitrogen and oxygen atoms in total. The van der Waals surface area contributed by atoms with Crippen molar-refractivity contribution in [1.29, 1.82) is 0 Å². The summed E-state index contributed by atoms with van der Waals surface area (Å²) in [5.74, 6) is 0.368. The lowest BCUT2D eigenvalue weighted by atomic mass is 9.98. The van der Waals surface area contributed by atoms with Crippen LogP contribution in [0.25, 0.3) is 22.0 Å². The van der Waals surface area contributed by atoms with Crippen LogP contribution in [0.3, 0.4) is 0 Å². The SMILES string of the molecule is CNC(=O)c1ccc(Nc2ncc3c(N)c(F)c(-c4cnc5c(c4C)NCCO5)cc3n2)c(OC)c1. The second kappa shape index (κ2) is 9.17. The Bertz CT molecular complexity index is 1510. The molecule has 0 atom stereocenters. The normalized spacial score (nSPS) is 12.3. The number of nitrogens with two attached hydrogens (primary N) is 1. The van der Waals surface area contributed by atoms with Crippen LogP contribution in [0.5, 0.6) is 11.6 Å². The Hall–Kier alpha value is -4.67. The third kappa shape index (κ3) is 3.94. The number of hydrogen-bond acceptors (Lipinski definition) is 9. The molecule has 2 aromatic carbocycles. The fraction of sp³-hybridized carbons (Fsp3) is 0.200. The van der Waals surface area contributed by atoms with E-state index in [1.807, 2.05) is 6.92 Å². The highest BCUT2D eigenvalue weighted by Gasteiger charge is 2.21. The van der Waals surface area contributed by atoms with E-state index in [1.54, 1.807) is 37.5 Å². The summed E-state index contributed by atoms with van der Waals surface area (Å²) in [5.41, 5.74) is 9.94. The highest BCUT2D eigenvalue weighted by Crippen LogP contribution is 2.39. The van der Waals surface area contributed by atoms with Gasteiger partial charge in [0.1, 0.15) is 18.0 Å². The number of hydrogen-bond donors (Lipinski definition) is 4. The summed E-state index contributed by atoms with van der Waals surface area (Å²) in [6, 6.07) is 6.58. The number of rotatable bonds is 5. The fourth-order valence-electron chi connectivity index (χ4n) is 4.13. The Morgan fingerprint density at radius 1 is 1.22 bits per heavy atom. The van der Waals surface area contributed by atoms with Gasteiger partial charge in [0, 0.05) is 48.1 Å². The summed E-state index contributed by atoms with van der Waals surface area (Å²) in [4.78, 5) is 25.1. The van der Waals surface area contributed by atoms with Crippen molar-refractivity contribution in [2.45, 2.75) is 6.92 Å². The lowest BCUT2D eigenvalue weighted by Crippen LogP contribution is -2.20. The number of carbonyl (C=O) groups is 1. The first-order valence-electron chi connectivity index (χ1n) is 11.2. The fourth-order valence-corrected chi connectivity index (χ4v) is 4.13. The molecular formula is C25H24FN7O3. The van der Waals surface area contributed by atoms with Gasteiger partial charge >= 0.3 is 0 Å². The Morgan fingerprint density at radius 2 is 2.06 bits per heavy atom. The summed E-state index contributed by atoms with van der Waals surface area (Å²) in [6.45, 7) is 3.03. The van der Waals surface area contributed by atoms with Crippen LogP contribution in [-0.4, -0.2) is 48.2 Å². The summed E-state index contributed by atoms with van der Waals surface area (Å²) in [7, 11) is 3.05. The molecule has 4 aromatic rings. The maximum atomic E-state index is 15.4. The van der Waals surface area contributed by atoms with Gasteiger partial charge in [0.2, 0.25) is 11.8 Å². The van der Waals surface area contributed by atoms with Crippen molar-refractivity contribution in [3.8, 4) is 22.8 Å². The third-order valence-electron chi connectivity index (χ3n) is 6.04. The van der Waals surface area contributed by atoms with Crippen LogP contribution in [-0.2, 0) is 0 Å². The molecule has 2 aromatic heterocycles. The van der Waals surface area contributed by atoms with E-state index in [4.69, 9.17) is 15.2 Å². The molecule has 0 radical (unpaired) electrons. The maximum absolute atomic E-state index is 15.4. The highest BCUT2D eigenvalue weighted by molar-refractivity contribution is 5.97. The second-order valence-electron chi connectivity index (χ2n) is 8.15. The van der Waals surface area contributed by atoms with Crippen LogP contribution in [0.1, 0.15) is 15.9 Å². The Balaban J connectivity index is 1.56. The molecule has 0 fully saturated rings. The number of anilines is 4. The molecule has 1 aliphatic heterocycles. The van der Waals surface area contributed by atoms with E-state index in [-0.39, 0.29) is 23.1 Å². The summed E-state index contributed by atoms with van der Waals surface area (Å²) in [5, 5.41) is 9.31. The van der Waals surface area contributed by atoms with Crippen LogP contribution in [0.15, 0.2) is 36.7 Å². The van der Waals surface area contributed by atoms with Crippen molar-refractivity contribution in [2.24, 2.45) is 0 Å². The van der Waals surface area contributed by atoms with Gasteiger partial charge in [-0.25, -0.2) is 19.3 Å². The number of methoxy groups -OCH3 is 1. The number of nitrogens with one attached hydrogen (secondary N) is 3. The van der Waals surface area contributed by atoms with Gasteiger partial charge in [-0.05, 0) is 36.8 Å². The number of nitrogens with zero attached hydrogens (tertiary/aromatic N) is 3. The summed E-state index contributed by atoms with van der Waals surface area (Å²) < 4.78 is 26.4. The molecule has 5 N–H and O–H groups in total. The van der Waals surface area contributed by atoms with Crippen molar-refractivity contribution in [1.82, 2.24) is 20.3 Å². The minimum Gasteiger partial charge on any atom is -0.495 e. The minimum absolute atomic E-state index is 0.0529. The molecule has 5 rings (SSSR count). The van der Waals surface area contributed by atoms with E-state index in [2.05, 4.69) is 30.9 Å². The first-order valence-corrected chi connectivity index (χ1v) is 11.2. The van der Waals surface area contributed by atoms with Crippen LogP contribution in [0.2, 0.25) is 0 Å². The van der Waals surface area contributed by atoms with Gasteiger partial charge in [0.05, 0.1) is 24.0 Å². The standard InChI is InChI=1S/C25H24FN7O3/c1-12-15(10-30-24-22(12)29-6-7-36-24)14-9-18-16(21(27)20(14)26)11-31-25(33-18)32-17-5-4-13(23(34)28-2)8-19(17)35-3/h4-5,8-11,29H,6-7,27H2,1-3H3,(H,28,34)(H,31,32,33). The molecule has 0 unspecified atom stereocenters. The minimum atomic E-state index is -0.570. The molecule has 1 aliphatic rings. The third-order valence-corrected chi connectivity index (χ3v) is 6.04. The maximum Gasteiger partial charge on any atom is 0.251 e. The quantitative estimate of drug-likeness (QED) is 0.310. The smallest absolute Gasteiger partial charge is 0.251 e. The van der Waals surface area contributed by atoms with Gasteiger partial charge in [-0.1, -0.05) is 0 Å². The lowest BCUT2D eigenvalue weighted by Gasteiger charge is -2.22. The van der Waals surface area contributed by atoms with Gasteiger partial charge in [-0.3, -0.25) is 4.79 Å². The molecule has 36 heavy (non-hydrogen) atoms. The molecule has 0 spiro atoms. The van der Waals surface area contributed by atoms with E-state index in [0.29, 0.717) is 52.5 Å². The monoisotopic (exact) mass is 489 g/mol. The molecule has 11 heteroatoms. The largest absolute Gasteiger partial charge is 0.495 e. The van der Waals surface area contributed by atoms with Crippen molar-refractivity contribution >= 4 is 39.8 Å². The Kier molecular flexibility index (Phi) is 5.88. The number of pyridine rings is 1. The second-order valence-corrected chi connectivity index (χ2v) is 8.15. The summed E-state index contributed by atoms with van der Waals surface area (Å²) in [6.07, 6.45) is 3.04. The average Bonchev–Trinajstić information content (AvgIpc) is 2.91. The van der Waals surface area contributed by atoms with E-state index in [9.17, 15) is 4.79 Å². The van der Waals surface area contributed by atoms with E-state index in [0.717, 1.165) is 11.3 Å². The van der Waals surface area contributed by atoms with E-state index < -0.39 is 5.82 Å². The number of halogens is 1. The lowest BCUT2D eigenvalue weighted by molar-refractivity contribution is 0.0963. The van der Waals surface area contributed by atoms with Gasteiger partial charge < -0.3 is 31.2 Å². The molecule has 1 amide bonds. The predicted molar refractivity (Wildman–Crippen MR) is 136 cm³/mol. The van der Waals surface area contributed by atoms with Crippen molar-refractivity contribution < 1.29 is 18.7 Å². The number of amides is 1. The molecule has 0 bridgehead atoms. The molecular weight excluding hydrogens is 465 g/mol. The molecule has 0 saturated carbocycles. The molecule has 0 saturated heterocycles. The Labute approximate surface area is 206 Å². The predicted octanol–water partition coefficient (Wildman–Crippen LogP) is 3.64. The van der Waals surface area contributed by atoms with Gasteiger partial charge in [0.25, 0.3) is 5.91 Å². The first kappa shape index (κ1) is 23.1. The number of nitrogen functional groups attached to an aromatic ring is 1. The van der Waals surface area contributed by atoms with Crippen LogP contribution >= 0.6 is 0 Å². The van der Waals surface area contributed by atoms with Crippen molar-refractivity contribution in [2.75, 3.05) is 43.7 Å². The first-order chi connectivity index (χ1) is 17.4.